The van der Waals surface area contributed by atoms with E-state index >= 15 is 0 Å². The first kappa shape index (κ1) is 7.90. The SMILES string of the molecule is Fc1cc2n[nH]c(I)c2cc1F. The average molecular weight is 280 g/mol. The summed E-state index contributed by atoms with van der Waals surface area (Å²) < 4.78 is 26.0. The first-order valence-corrected chi connectivity index (χ1v) is 4.25. The van der Waals surface area contributed by atoms with Gasteiger partial charge in [0.2, 0.25) is 0 Å². The van der Waals surface area contributed by atoms with Crippen molar-refractivity contribution in [2.75, 3.05) is 0 Å². The van der Waals surface area contributed by atoms with Crippen LogP contribution in [0.4, 0.5) is 8.78 Å². The molecule has 0 spiro atoms. The first-order valence-electron chi connectivity index (χ1n) is 3.17. The highest BCUT2D eigenvalue weighted by atomic mass is 127. The Labute approximate surface area is 80.1 Å². The number of halogens is 3. The van der Waals surface area contributed by atoms with Crippen LogP contribution >= 0.6 is 22.6 Å². The van der Waals surface area contributed by atoms with Crippen LogP contribution < -0.4 is 0 Å². The third kappa shape index (κ3) is 1.08. The lowest BCUT2D eigenvalue weighted by Gasteiger charge is -1.91. The minimum Gasteiger partial charge on any atom is -0.271 e. The van der Waals surface area contributed by atoms with E-state index in [-0.39, 0.29) is 0 Å². The largest absolute Gasteiger partial charge is 0.271 e. The zero-order valence-electron chi connectivity index (χ0n) is 5.74. The number of nitrogens with zero attached hydrogens (tertiary/aromatic N) is 1. The van der Waals surface area contributed by atoms with Gasteiger partial charge in [-0.15, -0.1) is 0 Å². The Kier molecular flexibility index (Phi) is 1.75. The molecule has 2 rings (SSSR count). The molecule has 2 aromatic rings. The lowest BCUT2D eigenvalue weighted by Crippen LogP contribution is -1.82. The summed E-state index contributed by atoms with van der Waals surface area (Å²) in [5.41, 5.74) is 0.443. The summed E-state index contributed by atoms with van der Waals surface area (Å²) in [6, 6.07) is 2.21. The maximum atomic E-state index is 12.7. The Hall–Kier alpha value is -0.720. The number of aromatic amines is 1. The molecule has 0 aliphatic rings. The second-order valence-electron chi connectivity index (χ2n) is 2.32. The van der Waals surface area contributed by atoms with Crippen molar-refractivity contribution in [3.63, 3.8) is 0 Å². The maximum absolute atomic E-state index is 12.7. The fourth-order valence-electron chi connectivity index (χ4n) is 0.974. The number of benzene rings is 1. The van der Waals surface area contributed by atoms with Gasteiger partial charge in [0.15, 0.2) is 11.6 Å². The van der Waals surface area contributed by atoms with Crippen LogP contribution in [0.15, 0.2) is 12.1 Å². The zero-order valence-corrected chi connectivity index (χ0v) is 7.89. The molecule has 0 saturated carbocycles. The first-order chi connectivity index (χ1) is 5.68. The predicted molar refractivity (Wildman–Crippen MR) is 48.7 cm³/mol. The predicted octanol–water partition coefficient (Wildman–Crippen LogP) is 2.45. The summed E-state index contributed by atoms with van der Waals surface area (Å²) in [7, 11) is 0. The van der Waals surface area contributed by atoms with Gasteiger partial charge in [-0.2, -0.15) is 5.10 Å². The molecule has 5 heteroatoms. The third-order valence-corrected chi connectivity index (χ3v) is 2.37. The van der Waals surface area contributed by atoms with Gasteiger partial charge in [-0.3, -0.25) is 5.10 Å². The molecule has 12 heavy (non-hydrogen) atoms. The Morgan fingerprint density at radius 2 is 1.92 bits per heavy atom. The van der Waals surface area contributed by atoms with Gasteiger partial charge >= 0.3 is 0 Å². The van der Waals surface area contributed by atoms with E-state index in [0.29, 0.717) is 14.6 Å². The minimum atomic E-state index is -0.870. The number of hydrogen-bond acceptors (Lipinski definition) is 1. The number of hydrogen-bond donors (Lipinski definition) is 1. The molecule has 2 nitrogen and oxygen atoms in total. The van der Waals surface area contributed by atoms with E-state index in [4.69, 9.17) is 0 Å². The fraction of sp³-hybridized carbons (Fsp3) is 0. The summed E-state index contributed by atoms with van der Waals surface area (Å²) in [4.78, 5) is 0. The number of nitrogens with one attached hydrogen (secondary N) is 1. The van der Waals surface area contributed by atoms with Gasteiger partial charge in [-0.25, -0.2) is 8.78 Å². The van der Waals surface area contributed by atoms with E-state index in [1.807, 2.05) is 22.6 Å². The Balaban J connectivity index is 2.87. The van der Waals surface area contributed by atoms with Crippen LogP contribution in [0.25, 0.3) is 10.9 Å². The normalized spacial score (nSPS) is 10.9. The Bertz CT molecular complexity index is 438. The molecule has 0 aliphatic carbocycles. The van der Waals surface area contributed by atoms with Crippen LogP contribution in [-0.2, 0) is 0 Å². The molecule has 0 radical (unpaired) electrons. The van der Waals surface area contributed by atoms with Gasteiger partial charge in [0.25, 0.3) is 0 Å². The van der Waals surface area contributed by atoms with Crippen LogP contribution in [-0.4, -0.2) is 10.2 Å². The van der Waals surface area contributed by atoms with E-state index in [0.717, 1.165) is 12.1 Å². The molecule has 62 valence electrons. The lowest BCUT2D eigenvalue weighted by molar-refractivity contribution is 0.511. The van der Waals surface area contributed by atoms with Gasteiger partial charge in [-0.1, -0.05) is 0 Å². The summed E-state index contributed by atoms with van der Waals surface area (Å²) >= 11 is 1.97. The van der Waals surface area contributed by atoms with E-state index in [2.05, 4.69) is 10.2 Å². The summed E-state index contributed by atoms with van der Waals surface area (Å²) in [5, 5.41) is 7.02. The molecule has 1 aromatic carbocycles. The third-order valence-electron chi connectivity index (χ3n) is 1.55. The number of fused-ring (bicyclic) bond motifs is 1. The molecule has 0 atom stereocenters. The number of aromatic nitrogens is 2. The van der Waals surface area contributed by atoms with Gasteiger partial charge in [0.05, 0.1) is 5.52 Å². The second kappa shape index (κ2) is 2.65. The van der Waals surface area contributed by atoms with Crippen molar-refractivity contribution >= 4 is 33.5 Å². The highest BCUT2D eigenvalue weighted by molar-refractivity contribution is 14.1. The molecule has 0 saturated heterocycles. The van der Waals surface area contributed by atoms with E-state index < -0.39 is 11.6 Å². The monoisotopic (exact) mass is 280 g/mol. The molecule has 1 heterocycles. The maximum Gasteiger partial charge on any atom is 0.161 e. The van der Waals surface area contributed by atoms with Crippen molar-refractivity contribution in [3.05, 3.63) is 27.5 Å². The Morgan fingerprint density at radius 3 is 2.67 bits per heavy atom. The molecular formula is C7H3F2IN2. The van der Waals surface area contributed by atoms with Crippen molar-refractivity contribution in [2.24, 2.45) is 0 Å². The molecule has 1 N–H and O–H groups in total. The van der Waals surface area contributed by atoms with Crippen LogP contribution in [0, 0.1) is 15.3 Å². The van der Waals surface area contributed by atoms with Crippen molar-refractivity contribution in [3.8, 4) is 0 Å². The number of rotatable bonds is 0. The van der Waals surface area contributed by atoms with Gasteiger partial charge in [-0.05, 0) is 28.7 Å². The van der Waals surface area contributed by atoms with Crippen molar-refractivity contribution in [1.29, 1.82) is 0 Å². The van der Waals surface area contributed by atoms with E-state index in [1.54, 1.807) is 0 Å². The van der Waals surface area contributed by atoms with Crippen LogP contribution in [0.3, 0.4) is 0 Å². The smallest absolute Gasteiger partial charge is 0.161 e. The minimum absolute atomic E-state index is 0.443. The van der Waals surface area contributed by atoms with Crippen molar-refractivity contribution < 1.29 is 8.78 Å². The van der Waals surface area contributed by atoms with E-state index in [1.165, 1.54) is 0 Å². The highest BCUT2D eigenvalue weighted by Crippen LogP contribution is 2.20. The quantitative estimate of drug-likeness (QED) is 0.738. The fourth-order valence-corrected chi connectivity index (χ4v) is 1.53. The van der Waals surface area contributed by atoms with Crippen molar-refractivity contribution in [2.45, 2.75) is 0 Å². The molecule has 0 aliphatic heterocycles. The molecule has 0 bridgehead atoms. The Morgan fingerprint density at radius 1 is 1.25 bits per heavy atom. The van der Waals surface area contributed by atoms with Crippen LogP contribution in [0.1, 0.15) is 0 Å². The van der Waals surface area contributed by atoms with Crippen molar-refractivity contribution in [1.82, 2.24) is 10.2 Å². The lowest BCUT2D eigenvalue weighted by atomic mass is 10.2. The topological polar surface area (TPSA) is 28.7 Å². The van der Waals surface area contributed by atoms with E-state index in [9.17, 15) is 8.78 Å². The molecule has 0 unspecified atom stereocenters. The van der Waals surface area contributed by atoms with Gasteiger partial charge < -0.3 is 0 Å². The number of H-pyrrole nitrogens is 1. The summed E-state index contributed by atoms with van der Waals surface area (Å²) in [6.07, 6.45) is 0. The summed E-state index contributed by atoms with van der Waals surface area (Å²) in [5.74, 6) is -1.72. The molecule has 1 aromatic heterocycles. The average Bonchev–Trinajstić information content (AvgIpc) is 2.35. The molecule has 0 amide bonds. The zero-order chi connectivity index (χ0) is 8.72. The van der Waals surface area contributed by atoms with Gasteiger partial charge in [0, 0.05) is 11.5 Å². The van der Waals surface area contributed by atoms with Crippen LogP contribution in [0.2, 0.25) is 0 Å². The standard InChI is InChI=1S/C7H3F2IN2/c8-4-1-3-6(2-5(4)9)11-12-7(3)10/h1-2H,(H,11,12). The van der Waals surface area contributed by atoms with Gasteiger partial charge in [0.1, 0.15) is 3.70 Å². The van der Waals surface area contributed by atoms with Crippen LogP contribution in [0.5, 0.6) is 0 Å². The molecular weight excluding hydrogens is 277 g/mol. The summed E-state index contributed by atoms with van der Waals surface area (Å²) in [6.45, 7) is 0. The highest BCUT2D eigenvalue weighted by Gasteiger charge is 2.08. The molecule has 0 fully saturated rings. The second-order valence-corrected chi connectivity index (χ2v) is 3.40.